The molecule has 0 spiro atoms. The van der Waals surface area contributed by atoms with E-state index in [9.17, 15) is 18.0 Å². The number of amides is 2. The second kappa shape index (κ2) is 10.9. The second-order valence-corrected chi connectivity index (χ2v) is 10.2. The van der Waals surface area contributed by atoms with Crippen LogP contribution in [0.2, 0.25) is 0 Å². The molecule has 41 heavy (non-hydrogen) atoms. The van der Waals surface area contributed by atoms with E-state index < -0.39 is 17.9 Å². The largest absolute Gasteiger partial charge is 0.482 e. The van der Waals surface area contributed by atoms with Crippen molar-refractivity contribution < 1.29 is 22.7 Å². The van der Waals surface area contributed by atoms with Gasteiger partial charge in [0, 0.05) is 43.0 Å². The molecule has 0 radical (unpaired) electrons. The van der Waals surface area contributed by atoms with E-state index in [1.54, 1.807) is 31.3 Å². The average Bonchev–Trinajstić information content (AvgIpc) is 3.52. The first-order valence-corrected chi connectivity index (χ1v) is 13.2. The molecular formula is C28H31F3N8O2. The number of anilines is 1. The molecule has 0 saturated heterocycles. The number of imidazole rings is 1. The summed E-state index contributed by atoms with van der Waals surface area (Å²) < 4.78 is 46.1. The standard InChI is InChI=1S/C28H31F3N8O2/c1-34-22(16-11-12-16)21(23(32)41-3)24-35-19-6-4-5-18(19)26(37-24)39(27(33)40)13-15-7-9-17(10-8-15)25-36-20(14-38(25)2)28(29,30)31/h7-10,14,16H,4-6,11-13,32H2,1-3H3,(H2,33,40). The zero-order valence-electron chi connectivity index (χ0n) is 23.0. The topological polar surface area (TPSA) is 138 Å². The van der Waals surface area contributed by atoms with Gasteiger partial charge in [0.15, 0.2) is 17.4 Å². The summed E-state index contributed by atoms with van der Waals surface area (Å²) in [5.74, 6) is 1.27. The Labute approximate surface area is 235 Å². The Bertz CT molecular complexity index is 1540. The van der Waals surface area contributed by atoms with Gasteiger partial charge in [-0.25, -0.2) is 19.7 Å². The zero-order valence-corrected chi connectivity index (χ0v) is 23.0. The predicted molar refractivity (Wildman–Crippen MR) is 148 cm³/mol. The minimum Gasteiger partial charge on any atom is -0.482 e. The van der Waals surface area contributed by atoms with E-state index in [-0.39, 0.29) is 24.2 Å². The Morgan fingerprint density at radius 3 is 2.41 bits per heavy atom. The number of methoxy groups -OCH3 is 1. The quantitative estimate of drug-likeness (QED) is 0.308. The van der Waals surface area contributed by atoms with Gasteiger partial charge in [0.25, 0.3) is 0 Å². The van der Waals surface area contributed by atoms with Crippen molar-refractivity contribution in [3.8, 4) is 11.4 Å². The number of benzene rings is 1. The highest BCUT2D eigenvalue weighted by atomic mass is 19.4. The van der Waals surface area contributed by atoms with E-state index in [1.807, 2.05) is 0 Å². The fraction of sp³-hybridized carbons (Fsp3) is 0.393. The highest BCUT2D eigenvalue weighted by Crippen LogP contribution is 2.38. The van der Waals surface area contributed by atoms with Gasteiger partial charge in [0.1, 0.15) is 17.2 Å². The lowest BCUT2D eigenvalue weighted by atomic mass is 10.0. The lowest BCUT2D eigenvalue weighted by Crippen LogP contribution is -2.37. The molecule has 1 saturated carbocycles. The van der Waals surface area contributed by atoms with Crippen LogP contribution in [0, 0.1) is 5.92 Å². The monoisotopic (exact) mass is 568 g/mol. The van der Waals surface area contributed by atoms with Gasteiger partial charge in [-0.15, -0.1) is 0 Å². The van der Waals surface area contributed by atoms with Crippen LogP contribution in [0.25, 0.3) is 17.0 Å². The number of ether oxygens (including phenoxy) is 1. The molecule has 216 valence electrons. The number of aryl methyl sites for hydroxylation is 2. The summed E-state index contributed by atoms with van der Waals surface area (Å²) in [4.78, 5) is 32.0. The number of carbonyl (C=O) groups excluding carboxylic acids is 1. The number of hydrogen-bond donors (Lipinski definition) is 2. The molecule has 2 heterocycles. The number of primary amides is 1. The molecule has 13 heteroatoms. The second-order valence-electron chi connectivity index (χ2n) is 10.2. The molecule has 0 aliphatic heterocycles. The molecule has 4 N–H and O–H groups in total. The van der Waals surface area contributed by atoms with Crippen molar-refractivity contribution in [3.05, 3.63) is 64.7 Å². The number of carbonyl (C=O) groups is 1. The summed E-state index contributed by atoms with van der Waals surface area (Å²) in [7, 11) is 4.67. The average molecular weight is 569 g/mol. The van der Waals surface area contributed by atoms with Crippen LogP contribution >= 0.6 is 0 Å². The van der Waals surface area contributed by atoms with Crippen LogP contribution in [0.5, 0.6) is 0 Å². The van der Waals surface area contributed by atoms with Gasteiger partial charge in [-0.05, 0) is 37.7 Å². The Hall–Kier alpha value is -4.42. The molecule has 2 aliphatic rings. The van der Waals surface area contributed by atoms with Crippen molar-refractivity contribution in [1.82, 2.24) is 19.5 Å². The zero-order chi connectivity index (χ0) is 29.5. The van der Waals surface area contributed by atoms with Gasteiger partial charge >= 0.3 is 12.2 Å². The molecule has 0 unspecified atom stereocenters. The SMILES string of the molecule is CN=C(C(=C(N)OC)c1nc2c(c(N(Cc3ccc(-c4nc(C(F)(F)F)cn4C)cc3)C(N)=O)n1)CCC2)C1CC1. The van der Waals surface area contributed by atoms with E-state index in [0.29, 0.717) is 41.2 Å². The lowest BCUT2D eigenvalue weighted by molar-refractivity contribution is -0.140. The maximum atomic E-state index is 13.1. The maximum absolute atomic E-state index is 13.1. The van der Waals surface area contributed by atoms with Crippen molar-refractivity contribution in [1.29, 1.82) is 0 Å². The van der Waals surface area contributed by atoms with E-state index in [2.05, 4.69) is 9.98 Å². The van der Waals surface area contributed by atoms with Crippen molar-refractivity contribution in [2.75, 3.05) is 19.1 Å². The van der Waals surface area contributed by atoms with Crippen molar-refractivity contribution >= 4 is 23.1 Å². The molecule has 0 bridgehead atoms. The van der Waals surface area contributed by atoms with Crippen LogP contribution in [0.15, 0.2) is 41.3 Å². The van der Waals surface area contributed by atoms with Gasteiger partial charge in [0.2, 0.25) is 0 Å². The first-order valence-electron chi connectivity index (χ1n) is 13.2. The summed E-state index contributed by atoms with van der Waals surface area (Å²) in [6, 6.07) is 6.06. The van der Waals surface area contributed by atoms with Crippen molar-refractivity contribution in [2.45, 2.75) is 44.8 Å². The van der Waals surface area contributed by atoms with Crippen molar-refractivity contribution in [2.24, 2.45) is 29.4 Å². The highest BCUT2D eigenvalue weighted by molar-refractivity contribution is 6.25. The molecule has 2 aromatic heterocycles. The Morgan fingerprint density at radius 1 is 1.15 bits per heavy atom. The third-order valence-corrected chi connectivity index (χ3v) is 7.30. The Kier molecular flexibility index (Phi) is 7.45. The number of fused-ring (bicyclic) bond motifs is 1. The number of alkyl halides is 3. The van der Waals surface area contributed by atoms with Crippen molar-refractivity contribution in [3.63, 3.8) is 0 Å². The molecule has 0 atom stereocenters. The third-order valence-electron chi connectivity index (χ3n) is 7.30. The maximum Gasteiger partial charge on any atom is 0.434 e. The number of nitrogens with zero attached hydrogens (tertiary/aromatic N) is 6. The number of aromatic nitrogens is 4. The Morgan fingerprint density at radius 2 is 1.85 bits per heavy atom. The molecule has 10 nitrogen and oxygen atoms in total. The van der Waals surface area contributed by atoms with Gasteiger partial charge in [0.05, 0.1) is 19.4 Å². The molecule has 2 aliphatic carbocycles. The van der Waals surface area contributed by atoms with Crippen LogP contribution < -0.4 is 16.4 Å². The number of urea groups is 1. The molecule has 2 amide bonds. The van der Waals surface area contributed by atoms with Crippen LogP contribution in [0.4, 0.5) is 23.8 Å². The van der Waals surface area contributed by atoms with Gasteiger partial charge in [-0.1, -0.05) is 24.3 Å². The first kappa shape index (κ1) is 28.1. The van der Waals surface area contributed by atoms with Crippen LogP contribution in [0.3, 0.4) is 0 Å². The fourth-order valence-corrected chi connectivity index (χ4v) is 5.13. The summed E-state index contributed by atoms with van der Waals surface area (Å²) in [6.45, 7) is 0.0863. The molecule has 1 fully saturated rings. The molecule has 1 aromatic carbocycles. The van der Waals surface area contributed by atoms with Gasteiger partial charge in [-0.3, -0.25) is 9.89 Å². The number of aliphatic imine (C=N–C) groups is 1. The first-order chi connectivity index (χ1) is 19.5. The third kappa shape index (κ3) is 5.61. The Balaban J connectivity index is 1.50. The number of allylic oxidation sites excluding steroid dienone is 1. The molecule has 3 aromatic rings. The van der Waals surface area contributed by atoms with E-state index in [0.717, 1.165) is 42.4 Å². The number of halogens is 3. The van der Waals surface area contributed by atoms with Crippen LogP contribution in [0.1, 0.15) is 47.6 Å². The smallest absolute Gasteiger partial charge is 0.434 e. The minimum atomic E-state index is -4.54. The van der Waals surface area contributed by atoms with E-state index in [1.165, 1.54) is 23.6 Å². The van der Waals surface area contributed by atoms with Crippen LogP contribution in [-0.4, -0.2) is 45.4 Å². The summed E-state index contributed by atoms with van der Waals surface area (Å²) in [6.07, 6.45) is 0.605. The van der Waals surface area contributed by atoms with Gasteiger partial charge < -0.3 is 20.8 Å². The highest BCUT2D eigenvalue weighted by Gasteiger charge is 2.36. The summed E-state index contributed by atoms with van der Waals surface area (Å²) in [5, 5.41) is 0. The molecular weight excluding hydrogens is 537 g/mol. The van der Waals surface area contributed by atoms with Gasteiger partial charge in [-0.2, -0.15) is 13.2 Å². The minimum absolute atomic E-state index is 0.0863. The normalized spacial score (nSPS) is 15.9. The number of hydrogen-bond acceptors (Lipinski definition) is 7. The fourth-order valence-electron chi connectivity index (χ4n) is 5.13. The summed E-state index contributed by atoms with van der Waals surface area (Å²) in [5.41, 5.74) is 15.3. The van der Waals surface area contributed by atoms with E-state index in [4.69, 9.17) is 26.2 Å². The van der Waals surface area contributed by atoms with E-state index >= 15 is 0 Å². The van der Waals surface area contributed by atoms with Crippen LogP contribution in [-0.2, 0) is 37.3 Å². The number of nitrogens with two attached hydrogens (primary N) is 2. The number of rotatable bonds is 8. The summed E-state index contributed by atoms with van der Waals surface area (Å²) >= 11 is 0. The molecule has 5 rings (SSSR count). The lowest BCUT2D eigenvalue weighted by Gasteiger charge is -2.23. The predicted octanol–water partition coefficient (Wildman–Crippen LogP) is 4.22.